The first-order valence-electron chi connectivity index (χ1n) is 15.2. The van der Waals surface area contributed by atoms with E-state index in [4.69, 9.17) is 27.9 Å². The van der Waals surface area contributed by atoms with Crippen molar-refractivity contribution in [3.05, 3.63) is 99.8 Å². The molecule has 2 N–H and O–H groups in total. The lowest BCUT2D eigenvalue weighted by molar-refractivity contribution is -0.137. The lowest BCUT2D eigenvalue weighted by atomic mass is 9.71. The maximum Gasteiger partial charge on any atom is 0.257 e. The van der Waals surface area contributed by atoms with Gasteiger partial charge in [0.2, 0.25) is 0 Å². The first-order chi connectivity index (χ1) is 22.3. The number of rotatable bonds is 9. The standard InChI is InChI=1S/C33H35Cl2N7O4/c1-46-29-10-8-25(42-22-36-38-39-42)20-26(29)30(43)41-18-12-32(21-41,24-7-9-27(34)28(35)19-24)11-15-40-16-13-33(14-17-40,31(44)37-45)23-5-3-2-4-6-23/h2-10,19-20,22,45H,11-18,21H2,1H3,(H,37,44)/t32-/m0/s1. The molecule has 2 amide bonds. The lowest BCUT2D eigenvalue weighted by Crippen LogP contribution is -2.51. The molecule has 1 aromatic heterocycles. The van der Waals surface area contributed by atoms with Gasteiger partial charge in [-0.2, -0.15) is 0 Å². The van der Waals surface area contributed by atoms with Gasteiger partial charge in [0.05, 0.1) is 33.8 Å². The predicted octanol–water partition coefficient (Wildman–Crippen LogP) is 4.69. The van der Waals surface area contributed by atoms with Gasteiger partial charge in [-0.15, -0.1) is 5.10 Å². The van der Waals surface area contributed by atoms with E-state index in [-0.39, 0.29) is 17.2 Å². The second-order valence-electron chi connectivity index (χ2n) is 12.0. The van der Waals surface area contributed by atoms with Crippen molar-refractivity contribution in [2.75, 3.05) is 39.8 Å². The summed E-state index contributed by atoms with van der Waals surface area (Å²) in [5.41, 5.74) is 3.75. The third-order valence-electron chi connectivity index (χ3n) is 9.68. The lowest BCUT2D eigenvalue weighted by Gasteiger charge is -2.41. The number of benzene rings is 3. The van der Waals surface area contributed by atoms with Gasteiger partial charge < -0.3 is 14.5 Å². The molecule has 11 nitrogen and oxygen atoms in total. The minimum Gasteiger partial charge on any atom is -0.496 e. The van der Waals surface area contributed by atoms with E-state index < -0.39 is 5.41 Å². The van der Waals surface area contributed by atoms with Crippen molar-refractivity contribution < 1.29 is 19.5 Å². The number of aromatic nitrogens is 4. The van der Waals surface area contributed by atoms with Crippen LogP contribution in [0.5, 0.6) is 5.75 Å². The molecule has 4 aromatic rings. The first-order valence-corrected chi connectivity index (χ1v) is 15.9. The second kappa shape index (κ2) is 13.4. The van der Waals surface area contributed by atoms with Crippen LogP contribution in [0.3, 0.4) is 0 Å². The van der Waals surface area contributed by atoms with E-state index in [2.05, 4.69) is 20.4 Å². The highest BCUT2D eigenvalue weighted by Crippen LogP contribution is 2.42. The summed E-state index contributed by atoms with van der Waals surface area (Å²) in [6.45, 7) is 3.15. The number of piperidine rings is 1. The smallest absolute Gasteiger partial charge is 0.257 e. The number of amides is 2. The van der Waals surface area contributed by atoms with Gasteiger partial charge in [-0.25, -0.2) is 10.2 Å². The quantitative estimate of drug-likeness (QED) is 0.195. The van der Waals surface area contributed by atoms with E-state index in [1.165, 1.54) is 11.0 Å². The molecule has 1 atom stereocenters. The first kappa shape index (κ1) is 31.9. The maximum atomic E-state index is 14.1. The summed E-state index contributed by atoms with van der Waals surface area (Å²) in [5.74, 6) is -0.0551. The van der Waals surface area contributed by atoms with Gasteiger partial charge >= 0.3 is 0 Å². The van der Waals surface area contributed by atoms with Crippen molar-refractivity contribution in [3.63, 3.8) is 0 Å². The van der Waals surface area contributed by atoms with Crippen molar-refractivity contribution >= 4 is 35.0 Å². The number of hydroxylamine groups is 1. The number of ether oxygens (including phenoxy) is 1. The Kier molecular flexibility index (Phi) is 9.28. The van der Waals surface area contributed by atoms with E-state index in [0.29, 0.717) is 66.1 Å². The third kappa shape index (κ3) is 6.07. The third-order valence-corrected chi connectivity index (χ3v) is 10.4. The molecule has 3 heterocycles. The maximum absolute atomic E-state index is 14.1. The highest BCUT2D eigenvalue weighted by atomic mass is 35.5. The van der Waals surface area contributed by atoms with Crippen LogP contribution in [0, 0.1) is 0 Å². The van der Waals surface area contributed by atoms with Crippen molar-refractivity contribution in [2.24, 2.45) is 0 Å². The molecule has 0 saturated carbocycles. The molecule has 2 saturated heterocycles. The van der Waals surface area contributed by atoms with E-state index in [0.717, 1.165) is 30.5 Å². The minimum absolute atomic E-state index is 0.144. The highest BCUT2D eigenvalue weighted by molar-refractivity contribution is 6.42. The fraction of sp³-hybridized carbons (Fsp3) is 0.364. The Morgan fingerprint density at radius 1 is 0.957 bits per heavy atom. The molecule has 0 radical (unpaired) electrons. The number of nitrogens with zero attached hydrogens (tertiary/aromatic N) is 6. The van der Waals surface area contributed by atoms with Crippen LogP contribution in [0.15, 0.2) is 73.1 Å². The number of methoxy groups -OCH3 is 1. The van der Waals surface area contributed by atoms with Crippen LogP contribution in [-0.4, -0.2) is 86.9 Å². The Labute approximate surface area is 277 Å². The van der Waals surface area contributed by atoms with E-state index >= 15 is 0 Å². The van der Waals surface area contributed by atoms with Gasteiger partial charge in [-0.05, 0) is 97.2 Å². The molecule has 2 fully saturated rings. The Bertz CT molecular complexity index is 1700. The number of hydrogen-bond acceptors (Lipinski definition) is 8. The van der Waals surface area contributed by atoms with Crippen molar-refractivity contribution in [2.45, 2.75) is 36.5 Å². The highest BCUT2D eigenvalue weighted by Gasteiger charge is 2.45. The molecular formula is C33H35Cl2N7O4. The number of hydrogen-bond donors (Lipinski definition) is 2. The van der Waals surface area contributed by atoms with E-state index in [1.807, 2.05) is 58.9 Å². The van der Waals surface area contributed by atoms with Gasteiger partial charge in [0.1, 0.15) is 12.1 Å². The van der Waals surface area contributed by atoms with Crippen LogP contribution in [-0.2, 0) is 15.6 Å². The molecule has 3 aromatic carbocycles. The van der Waals surface area contributed by atoms with Crippen LogP contribution in [0.25, 0.3) is 5.69 Å². The Morgan fingerprint density at radius 2 is 1.74 bits per heavy atom. The Hall–Kier alpha value is -4.03. The monoisotopic (exact) mass is 663 g/mol. The number of carbonyl (C=O) groups excluding carboxylic acids is 2. The zero-order valence-corrected chi connectivity index (χ0v) is 26.9. The fourth-order valence-corrected chi connectivity index (χ4v) is 7.25. The fourth-order valence-electron chi connectivity index (χ4n) is 6.95. The van der Waals surface area contributed by atoms with Crippen LogP contribution >= 0.6 is 23.2 Å². The molecule has 2 aliphatic heterocycles. The van der Waals surface area contributed by atoms with Gasteiger partial charge in [0.25, 0.3) is 11.8 Å². The molecule has 0 bridgehead atoms. The Balaban J connectivity index is 1.23. The molecule has 0 spiro atoms. The van der Waals surface area contributed by atoms with Gasteiger partial charge in [0.15, 0.2) is 0 Å². The Morgan fingerprint density at radius 3 is 2.41 bits per heavy atom. The number of halogens is 2. The van der Waals surface area contributed by atoms with E-state index in [9.17, 15) is 14.8 Å². The predicted molar refractivity (Wildman–Crippen MR) is 173 cm³/mol. The minimum atomic E-state index is -0.791. The van der Waals surface area contributed by atoms with Crippen molar-refractivity contribution in [1.29, 1.82) is 0 Å². The molecule has 240 valence electrons. The summed E-state index contributed by atoms with van der Waals surface area (Å²) in [6, 6.07) is 20.7. The molecule has 0 aliphatic carbocycles. The molecule has 0 unspecified atom stereocenters. The van der Waals surface area contributed by atoms with Gasteiger partial charge in [-0.3, -0.25) is 14.8 Å². The number of nitrogens with one attached hydrogen (secondary N) is 1. The molecule has 6 rings (SSSR count). The number of likely N-dealkylation sites (tertiary alicyclic amines) is 2. The molecular weight excluding hydrogens is 629 g/mol. The average molecular weight is 665 g/mol. The summed E-state index contributed by atoms with van der Waals surface area (Å²) < 4.78 is 7.07. The summed E-state index contributed by atoms with van der Waals surface area (Å²) in [6.07, 6.45) is 4.12. The van der Waals surface area contributed by atoms with Crippen molar-refractivity contribution in [1.82, 2.24) is 35.5 Å². The van der Waals surface area contributed by atoms with Crippen LogP contribution in [0.4, 0.5) is 0 Å². The summed E-state index contributed by atoms with van der Waals surface area (Å²) in [4.78, 5) is 31.2. The van der Waals surface area contributed by atoms with Gasteiger partial charge in [0, 0.05) is 18.5 Å². The van der Waals surface area contributed by atoms with Crippen LogP contribution in [0.2, 0.25) is 10.0 Å². The zero-order chi connectivity index (χ0) is 32.3. The molecule has 13 heteroatoms. The van der Waals surface area contributed by atoms with E-state index in [1.54, 1.807) is 25.3 Å². The zero-order valence-electron chi connectivity index (χ0n) is 25.4. The molecule has 2 aliphatic rings. The SMILES string of the molecule is COc1ccc(-n2cnnn2)cc1C(=O)N1CC[C@](CCN2CCC(C(=O)NO)(c3ccccc3)CC2)(c2ccc(Cl)c(Cl)c2)C1. The summed E-state index contributed by atoms with van der Waals surface area (Å²) in [5, 5.41) is 21.9. The summed E-state index contributed by atoms with van der Waals surface area (Å²) >= 11 is 12.8. The number of carbonyl (C=O) groups is 2. The topological polar surface area (TPSA) is 126 Å². The van der Waals surface area contributed by atoms with Gasteiger partial charge in [-0.1, -0.05) is 59.6 Å². The largest absolute Gasteiger partial charge is 0.496 e. The van der Waals surface area contributed by atoms with Crippen LogP contribution < -0.4 is 10.2 Å². The average Bonchev–Trinajstić information content (AvgIpc) is 3.80. The molecule has 46 heavy (non-hydrogen) atoms. The second-order valence-corrected chi connectivity index (χ2v) is 12.8. The number of tetrazole rings is 1. The normalized spacial score (nSPS) is 19.6. The van der Waals surface area contributed by atoms with Crippen LogP contribution in [0.1, 0.15) is 47.2 Å². The summed E-state index contributed by atoms with van der Waals surface area (Å²) in [7, 11) is 1.54. The van der Waals surface area contributed by atoms with Crippen molar-refractivity contribution in [3.8, 4) is 11.4 Å².